The van der Waals surface area contributed by atoms with Crippen molar-refractivity contribution in [3.63, 3.8) is 0 Å². The first-order chi connectivity index (χ1) is 3.63. The fraction of sp³-hybridized carbons (Fsp3) is 0.714. The van der Waals surface area contributed by atoms with Crippen LogP contribution in [0, 0.1) is 5.41 Å². The molecular formula is C7H13N. The fourth-order valence-electron chi connectivity index (χ4n) is 0.916. The molecule has 46 valence electrons. The van der Waals surface area contributed by atoms with Crippen molar-refractivity contribution in [1.29, 1.82) is 0 Å². The summed E-state index contributed by atoms with van der Waals surface area (Å²) in [6.07, 6.45) is 1.23. The van der Waals surface area contributed by atoms with Gasteiger partial charge in [-0.1, -0.05) is 20.4 Å². The second kappa shape index (κ2) is 1.51. The summed E-state index contributed by atoms with van der Waals surface area (Å²) in [6, 6.07) is 0. The molecule has 1 saturated heterocycles. The lowest BCUT2D eigenvalue weighted by Gasteiger charge is -2.15. The monoisotopic (exact) mass is 111 g/mol. The maximum atomic E-state index is 3.90. The second-order valence-electron chi connectivity index (χ2n) is 3.04. The summed E-state index contributed by atoms with van der Waals surface area (Å²) >= 11 is 0. The van der Waals surface area contributed by atoms with Crippen LogP contribution < -0.4 is 5.32 Å². The molecule has 1 aliphatic rings. The lowest BCUT2D eigenvalue weighted by molar-refractivity contribution is 0.470. The highest BCUT2D eigenvalue weighted by molar-refractivity contribution is 5.09. The Morgan fingerprint density at radius 2 is 2.25 bits per heavy atom. The Morgan fingerprint density at radius 3 is 2.38 bits per heavy atom. The van der Waals surface area contributed by atoms with Crippen LogP contribution >= 0.6 is 0 Å². The van der Waals surface area contributed by atoms with E-state index in [-0.39, 0.29) is 0 Å². The first-order valence-electron chi connectivity index (χ1n) is 3.06. The molecule has 0 bridgehead atoms. The topological polar surface area (TPSA) is 12.0 Å². The van der Waals surface area contributed by atoms with Crippen molar-refractivity contribution < 1.29 is 0 Å². The number of nitrogens with one attached hydrogen (secondary N) is 1. The van der Waals surface area contributed by atoms with Crippen molar-refractivity contribution in [2.45, 2.75) is 20.3 Å². The smallest absolute Gasteiger partial charge is 0.0152 e. The van der Waals surface area contributed by atoms with E-state index in [1.807, 2.05) is 0 Å². The average Bonchev–Trinajstić information content (AvgIpc) is 1.86. The predicted octanol–water partition coefficient (Wildman–Crippen LogP) is 1.52. The summed E-state index contributed by atoms with van der Waals surface area (Å²) in [5, 5.41) is 3.22. The van der Waals surface area contributed by atoms with Gasteiger partial charge in [-0.15, -0.1) is 0 Å². The van der Waals surface area contributed by atoms with E-state index >= 15 is 0 Å². The highest BCUT2D eigenvalue weighted by Gasteiger charge is 2.26. The molecule has 0 spiro atoms. The zero-order valence-electron chi connectivity index (χ0n) is 5.62. The van der Waals surface area contributed by atoms with Crippen LogP contribution in [0.2, 0.25) is 0 Å². The molecule has 1 aliphatic heterocycles. The maximum Gasteiger partial charge on any atom is 0.0152 e. The molecule has 0 aromatic heterocycles. The normalized spacial score (nSPS) is 25.5. The van der Waals surface area contributed by atoms with Gasteiger partial charge in [0.1, 0.15) is 0 Å². The molecule has 0 atom stereocenters. The number of allylic oxidation sites excluding steroid dienone is 1. The predicted molar refractivity (Wildman–Crippen MR) is 35.5 cm³/mol. The Morgan fingerprint density at radius 1 is 1.62 bits per heavy atom. The van der Waals surface area contributed by atoms with E-state index in [0.717, 1.165) is 6.54 Å². The zero-order valence-corrected chi connectivity index (χ0v) is 5.62. The molecule has 1 heterocycles. The molecule has 1 nitrogen and oxygen atoms in total. The Bertz CT molecular complexity index is 114. The lowest BCUT2D eigenvalue weighted by atomic mass is 9.90. The van der Waals surface area contributed by atoms with Crippen LogP contribution in [0.3, 0.4) is 0 Å². The van der Waals surface area contributed by atoms with E-state index in [4.69, 9.17) is 0 Å². The van der Waals surface area contributed by atoms with Crippen molar-refractivity contribution in [3.05, 3.63) is 12.3 Å². The molecule has 0 aliphatic carbocycles. The molecular weight excluding hydrogens is 98.1 g/mol. The average molecular weight is 111 g/mol. The Kier molecular flexibility index (Phi) is 1.07. The molecule has 0 aromatic rings. The van der Waals surface area contributed by atoms with Crippen LogP contribution in [0.4, 0.5) is 0 Å². The van der Waals surface area contributed by atoms with Gasteiger partial charge in [-0.3, -0.25) is 0 Å². The summed E-state index contributed by atoms with van der Waals surface area (Å²) in [5.74, 6) is 0. The highest BCUT2D eigenvalue weighted by Crippen LogP contribution is 2.30. The van der Waals surface area contributed by atoms with Gasteiger partial charge in [0.25, 0.3) is 0 Å². The van der Waals surface area contributed by atoms with Gasteiger partial charge in [0.2, 0.25) is 0 Å². The van der Waals surface area contributed by atoms with E-state index in [1.165, 1.54) is 12.1 Å². The van der Waals surface area contributed by atoms with Crippen LogP contribution in [-0.4, -0.2) is 6.54 Å². The van der Waals surface area contributed by atoms with E-state index in [9.17, 15) is 0 Å². The number of rotatable bonds is 0. The van der Waals surface area contributed by atoms with Gasteiger partial charge in [-0.25, -0.2) is 0 Å². The van der Waals surface area contributed by atoms with Crippen LogP contribution in [0.5, 0.6) is 0 Å². The summed E-state index contributed by atoms with van der Waals surface area (Å²) in [6.45, 7) is 9.43. The Balaban J connectivity index is 2.68. The SMILES string of the molecule is C=C1NCCC1(C)C. The van der Waals surface area contributed by atoms with Crippen LogP contribution in [0.25, 0.3) is 0 Å². The molecule has 8 heavy (non-hydrogen) atoms. The van der Waals surface area contributed by atoms with E-state index < -0.39 is 0 Å². The largest absolute Gasteiger partial charge is 0.388 e. The van der Waals surface area contributed by atoms with Crippen molar-refractivity contribution in [2.75, 3.05) is 6.54 Å². The van der Waals surface area contributed by atoms with Gasteiger partial charge >= 0.3 is 0 Å². The minimum absolute atomic E-state index is 0.347. The lowest BCUT2D eigenvalue weighted by Crippen LogP contribution is -2.11. The summed E-state index contributed by atoms with van der Waals surface area (Å²) in [4.78, 5) is 0. The molecule has 1 rings (SSSR count). The van der Waals surface area contributed by atoms with Crippen LogP contribution in [0.15, 0.2) is 12.3 Å². The van der Waals surface area contributed by atoms with Crippen molar-refractivity contribution in [3.8, 4) is 0 Å². The quantitative estimate of drug-likeness (QED) is 0.499. The molecule has 1 fully saturated rings. The fourth-order valence-corrected chi connectivity index (χ4v) is 0.916. The van der Waals surface area contributed by atoms with Crippen LogP contribution in [0.1, 0.15) is 20.3 Å². The van der Waals surface area contributed by atoms with Crippen molar-refractivity contribution in [1.82, 2.24) is 5.32 Å². The Labute approximate surface area is 50.8 Å². The molecule has 0 saturated carbocycles. The second-order valence-corrected chi connectivity index (χ2v) is 3.04. The van der Waals surface area contributed by atoms with Gasteiger partial charge in [0.15, 0.2) is 0 Å². The van der Waals surface area contributed by atoms with E-state index in [0.29, 0.717) is 5.41 Å². The van der Waals surface area contributed by atoms with Gasteiger partial charge in [0, 0.05) is 17.7 Å². The molecule has 1 heteroatoms. The van der Waals surface area contributed by atoms with Crippen LogP contribution in [-0.2, 0) is 0 Å². The zero-order chi connectivity index (χ0) is 6.20. The van der Waals surface area contributed by atoms with Gasteiger partial charge < -0.3 is 5.32 Å². The van der Waals surface area contributed by atoms with Gasteiger partial charge in [0.05, 0.1) is 0 Å². The van der Waals surface area contributed by atoms with Crippen molar-refractivity contribution >= 4 is 0 Å². The standard InChI is InChI=1S/C7H13N/c1-6-7(2,3)4-5-8-6/h8H,1,4-5H2,2-3H3. The summed E-state index contributed by atoms with van der Waals surface area (Å²) in [5.41, 5.74) is 1.54. The van der Waals surface area contributed by atoms with E-state index in [2.05, 4.69) is 25.7 Å². The third kappa shape index (κ3) is 0.726. The molecule has 0 aromatic carbocycles. The molecule has 1 N–H and O–H groups in total. The number of hydrogen-bond acceptors (Lipinski definition) is 1. The minimum atomic E-state index is 0.347. The summed E-state index contributed by atoms with van der Waals surface area (Å²) < 4.78 is 0. The first-order valence-corrected chi connectivity index (χ1v) is 3.06. The third-order valence-corrected chi connectivity index (χ3v) is 1.91. The summed E-state index contributed by atoms with van der Waals surface area (Å²) in [7, 11) is 0. The molecule has 0 amide bonds. The molecule has 0 unspecified atom stereocenters. The Hall–Kier alpha value is -0.460. The third-order valence-electron chi connectivity index (χ3n) is 1.91. The van der Waals surface area contributed by atoms with Crippen molar-refractivity contribution in [2.24, 2.45) is 5.41 Å². The van der Waals surface area contributed by atoms with Gasteiger partial charge in [-0.2, -0.15) is 0 Å². The van der Waals surface area contributed by atoms with E-state index in [1.54, 1.807) is 0 Å². The minimum Gasteiger partial charge on any atom is -0.388 e. The highest BCUT2D eigenvalue weighted by atomic mass is 14.9. The first kappa shape index (κ1) is 5.67. The molecule has 0 radical (unpaired) electrons. The maximum absolute atomic E-state index is 3.90. The number of hydrogen-bond donors (Lipinski definition) is 1. The van der Waals surface area contributed by atoms with Gasteiger partial charge in [-0.05, 0) is 6.42 Å².